The van der Waals surface area contributed by atoms with Crippen LogP contribution in [0.3, 0.4) is 0 Å². The Balaban J connectivity index is 0.00000112. The first-order valence-corrected chi connectivity index (χ1v) is 6.49. The second-order valence-electron chi connectivity index (χ2n) is 4.16. The molecule has 0 aliphatic carbocycles. The molecule has 5 heteroatoms. The van der Waals surface area contributed by atoms with Crippen LogP contribution in [0.4, 0.5) is 0 Å². The van der Waals surface area contributed by atoms with Gasteiger partial charge in [0.2, 0.25) is 5.91 Å². The SMILES string of the molecule is CN(C(=O)[C@H]1CCNC1)C1CCSC1.Cl. The van der Waals surface area contributed by atoms with Crippen molar-refractivity contribution < 1.29 is 4.79 Å². The molecule has 2 saturated heterocycles. The molecule has 1 amide bonds. The van der Waals surface area contributed by atoms with Gasteiger partial charge in [-0.3, -0.25) is 4.79 Å². The molecular formula is C10H19ClN2OS. The summed E-state index contributed by atoms with van der Waals surface area (Å²) >= 11 is 1.96. The molecule has 2 fully saturated rings. The van der Waals surface area contributed by atoms with Crippen molar-refractivity contribution >= 4 is 30.1 Å². The van der Waals surface area contributed by atoms with Gasteiger partial charge >= 0.3 is 0 Å². The lowest BCUT2D eigenvalue weighted by molar-refractivity contribution is -0.135. The second-order valence-corrected chi connectivity index (χ2v) is 5.31. The van der Waals surface area contributed by atoms with E-state index >= 15 is 0 Å². The van der Waals surface area contributed by atoms with Crippen LogP contribution >= 0.6 is 24.2 Å². The molecule has 0 spiro atoms. The maximum absolute atomic E-state index is 12.0. The Hall–Kier alpha value is 0.0700. The van der Waals surface area contributed by atoms with Crippen molar-refractivity contribution in [3.8, 4) is 0 Å². The van der Waals surface area contributed by atoms with Gasteiger partial charge in [0.05, 0.1) is 5.92 Å². The van der Waals surface area contributed by atoms with E-state index in [4.69, 9.17) is 0 Å². The van der Waals surface area contributed by atoms with E-state index in [0.717, 1.165) is 25.3 Å². The number of nitrogens with one attached hydrogen (secondary N) is 1. The number of thioether (sulfide) groups is 1. The van der Waals surface area contributed by atoms with E-state index in [2.05, 4.69) is 5.32 Å². The summed E-state index contributed by atoms with van der Waals surface area (Å²) in [5.41, 5.74) is 0. The minimum Gasteiger partial charge on any atom is -0.342 e. The van der Waals surface area contributed by atoms with Gasteiger partial charge in [-0.2, -0.15) is 11.8 Å². The van der Waals surface area contributed by atoms with Crippen LogP contribution in [0.2, 0.25) is 0 Å². The molecule has 2 heterocycles. The molecule has 88 valence electrons. The molecular weight excluding hydrogens is 232 g/mol. The summed E-state index contributed by atoms with van der Waals surface area (Å²) in [5.74, 6) is 2.93. The minimum atomic E-state index is 0. The first-order chi connectivity index (χ1) is 6.79. The summed E-state index contributed by atoms with van der Waals surface area (Å²) in [7, 11) is 1.97. The number of hydrogen-bond acceptors (Lipinski definition) is 3. The molecule has 0 aromatic heterocycles. The minimum absolute atomic E-state index is 0. The number of carbonyl (C=O) groups excluding carboxylic acids is 1. The average molecular weight is 251 g/mol. The predicted octanol–water partition coefficient (Wildman–Crippen LogP) is 0.982. The van der Waals surface area contributed by atoms with E-state index in [1.54, 1.807) is 0 Å². The first-order valence-electron chi connectivity index (χ1n) is 5.34. The summed E-state index contributed by atoms with van der Waals surface area (Å²) in [6.45, 7) is 1.88. The monoisotopic (exact) mass is 250 g/mol. The topological polar surface area (TPSA) is 32.3 Å². The van der Waals surface area contributed by atoms with Gasteiger partial charge in [0.15, 0.2) is 0 Å². The van der Waals surface area contributed by atoms with Crippen LogP contribution < -0.4 is 5.32 Å². The number of amides is 1. The number of halogens is 1. The highest BCUT2D eigenvalue weighted by Gasteiger charge is 2.30. The molecule has 2 rings (SSSR count). The second kappa shape index (κ2) is 5.97. The molecule has 2 aliphatic heterocycles. The third-order valence-corrected chi connectivity index (χ3v) is 4.36. The number of nitrogens with zero attached hydrogens (tertiary/aromatic N) is 1. The largest absolute Gasteiger partial charge is 0.342 e. The lowest BCUT2D eigenvalue weighted by atomic mass is 10.1. The Kier molecular flexibility index (Phi) is 5.23. The summed E-state index contributed by atoms with van der Waals surface area (Å²) in [4.78, 5) is 14.0. The molecule has 0 aromatic carbocycles. The highest BCUT2D eigenvalue weighted by Crippen LogP contribution is 2.23. The third kappa shape index (κ3) is 3.02. The van der Waals surface area contributed by atoms with E-state index in [9.17, 15) is 4.79 Å². The van der Waals surface area contributed by atoms with E-state index in [0.29, 0.717) is 11.9 Å². The smallest absolute Gasteiger partial charge is 0.227 e. The lowest BCUT2D eigenvalue weighted by Crippen LogP contribution is -2.41. The zero-order valence-electron chi connectivity index (χ0n) is 9.07. The van der Waals surface area contributed by atoms with Crippen LogP contribution in [-0.4, -0.2) is 48.5 Å². The summed E-state index contributed by atoms with van der Waals surface area (Å²) in [5, 5.41) is 3.25. The van der Waals surface area contributed by atoms with Crippen LogP contribution in [0, 0.1) is 5.92 Å². The highest BCUT2D eigenvalue weighted by atomic mass is 35.5. The Labute approximate surface area is 102 Å². The molecule has 2 aliphatic rings. The fraction of sp³-hybridized carbons (Fsp3) is 0.900. The van der Waals surface area contributed by atoms with E-state index < -0.39 is 0 Å². The fourth-order valence-corrected chi connectivity index (χ4v) is 3.43. The molecule has 3 nitrogen and oxygen atoms in total. The molecule has 1 N–H and O–H groups in total. The maximum atomic E-state index is 12.0. The Morgan fingerprint density at radius 1 is 1.47 bits per heavy atom. The number of carbonyl (C=O) groups is 1. The predicted molar refractivity (Wildman–Crippen MR) is 66.7 cm³/mol. The van der Waals surface area contributed by atoms with Gasteiger partial charge in [-0.15, -0.1) is 12.4 Å². The Morgan fingerprint density at radius 2 is 2.27 bits per heavy atom. The molecule has 15 heavy (non-hydrogen) atoms. The molecule has 1 unspecified atom stereocenters. The van der Waals surface area contributed by atoms with E-state index in [1.165, 1.54) is 12.2 Å². The maximum Gasteiger partial charge on any atom is 0.227 e. The standard InChI is InChI=1S/C10H18N2OS.ClH/c1-12(9-3-5-14-7-9)10(13)8-2-4-11-6-8;/h8-9,11H,2-7H2,1H3;1H/t8-,9?;/m0./s1. The van der Waals surface area contributed by atoms with Gasteiger partial charge in [-0.25, -0.2) is 0 Å². The number of hydrogen-bond donors (Lipinski definition) is 1. The van der Waals surface area contributed by atoms with Crippen LogP contribution in [-0.2, 0) is 4.79 Å². The zero-order chi connectivity index (χ0) is 9.97. The van der Waals surface area contributed by atoms with E-state index in [-0.39, 0.29) is 18.3 Å². The van der Waals surface area contributed by atoms with Crippen molar-refractivity contribution in [1.82, 2.24) is 10.2 Å². The van der Waals surface area contributed by atoms with Crippen molar-refractivity contribution in [2.24, 2.45) is 5.92 Å². The van der Waals surface area contributed by atoms with Gasteiger partial charge in [-0.05, 0) is 25.1 Å². The summed E-state index contributed by atoms with van der Waals surface area (Å²) in [6, 6.07) is 0.494. The molecule has 0 saturated carbocycles. The summed E-state index contributed by atoms with van der Waals surface area (Å²) in [6.07, 6.45) is 2.19. The Bertz CT molecular complexity index is 215. The van der Waals surface area contributed by atoms with E-state index in [1.807, 2.05) is 23.7 Å². The van der Waals surface area contributed by atoms with Crippen molar-refractivity contribution in [3.63, 3.8) is 0 Å². The molecule has 2 atom stereocenters. The fourth-order valence-electron chi connectivity index (χ4n) is 2.16. The summed E-state index contributed by atoms with van der Waals surface area (Å²) < 4.78 is 0. The average Bonchev–Trinajstić information content (AvgIpc) is 2.87. The van der Waals surface area contributed by atoms with Crippen molar-refractivity contribution in [3.05, 3.63) is 0 Å². The lowest BCUT2D eigenvalue weighted by Gasteiger charge is -2.26. The highest BCUT2D eigenvalue weighted by molar-refractivity contribution is 7.99. The number of rotatable bonds is 2. The van der Waals surface area contributed by atoms with Gasteiger partial charge in [-0.1, -0.05) is 0 Å². The van der Waals surface area contributed by atoms with Crippen LogP contribution in [0.15, 0.2) is 0 Å². The van der Waals surface area contributed by atoms with Gasteiger partial charge < -0.3 is 10.2 Å². The first kappa shape index (κ1) is 13.1. The quantitative estimate of drug-likeness (QED) is 0.793. The Morgan fingerprint density at radius 3 is 2.80 bits per heavy atom. The van der Waals surface area contributed by atoms with Gasteiger partial charge in [0.25, 0.3) is 0 Å². The van der Waals surface area contributed by atoms with Crippen molar-refractivity contribution in [2.45, 2.75) is 18.9 Å². The van der Waals surface area contributed by atoms with Crippen LogP contribution in [0.1, 0.15) is 12.8 Å². The van der Waals surface area contributed by atoms with Gasteiger partial charge in [0.1, 0.15) is 0 Å². The van der Waals surface area contributed by atoms with Crippen LogP contribution in [0.25, 0.3) is 0 Å². The van der Waals surface area contributed by atoms with Gasteiger partial charge in [0, 0.05) is 25.4 Å². The van der Waals surface area contributed by atoms with Crippen molar-refractivity contribution in [2.75, 3.05) is 31.6 Å². The normalized spacial score (nSPS) is 29.9. The molecule has 0 bridgehead atoms. The van der Waals surface area contributed by atoms with Crippen molar-refractivity contribution in [1.29, 1.82) is 0 Å². The zero-order valence-corrected chi connectivity index (χ0v) is 10.7. The van der Waals surface area contributed by atoms with Crippen LogP contribution in [0.5, 0.6) is 0 Å². The third-order valence-electron chi connectivity index (χ3n) is 3.21. The molecule has 0 radical (unpaired) electrons. The molecule has 0 aromatic rings.